The fourth-order valence-electron chi connectivity index (χ4n) is 3.30. The van der Waals surface area contributed by atoms with Crippen LogP contribution in [0.4, 0.5) is 22.9 Å². The highest BCUT2D eigenvalue weighted by atomic mass is 35.5. The van der Waals surface area contributed by atoms with Crippen LogP contribution in [-0.2, 0) is 0 Å². The molecule has 0 saturated carbocycles. The predicted molar refractivity (Wildman–Crippen MR) is 141 cm³/mol. The number of H-pyrrole nitrogens is 1. The zero-order valence-corrected chi connectivity index (χ0v) is 19.9. The minimum Gasteiger partial charge on any atom is -0.396 e. The molecule has 166 valence electrons. The number of ketones is 1. The van der Waals surface area contributed by atoms with E-state index in [1.54, 1.807) is 12.1 Å². The van der Waals surface area contributed by atoms with Crippen LogP contribution in [-0.4, -0.2) is 15.8 Å². The molecular weight excluding hydrogens is 475 g/mol. The lowest BCUT2D eigenvalue weighted by atomic mass is 10.1. The Morgan fingerprint density at radius 2 is 1.64 bits per heavy atom. The number of aromatic nitrogens is 1. The number of hydrogen-bond acceptors (Lipinski definition) is 4. The van der Waals surface area contributed by atoms with Crippen LogP contribution < -0.4 is 16.4 Å². The number of carbonyl (C=O) groups is 1. The third kappa shape index (κ3) is 5.03. The van der Waals surface area contributed by atoms with E-state index in [4.69, 9.17) is 41.2 Å². The quantitative estimate of drug-likeness (QED) is 0.171. The first kappa shape index (κ1) is 22.9. The van der Waals surface area contributed by atoms with Crippen molar-refractivity contribution >= 4 is 69.1 Å². The van der Waals surface area contributed by atoms with E-state index in [-0.39, 0.29) is 22.2 Å². The molecular formula is C25H20Cl2N4OS. The third-order valence-corrected chi connectivity index (χ3v) is 6.07. The van der Waals surface area contributed by atoms with E-state index in [2.05, 4.69) is 15.6 Å². The van der Waals surface area contributed by atoms with Gasteiger partial charge in [0.15, 0.2) is 0 Å². The Kier molecular flexibility index (Phi) is 6.70. The maximum atomic E-state index is 13.3. The van der Waals surface area contributed by atoms with Gasteiger partial charge in [-0.15, -0.1) is 0 Å². The summed E-state index contributed by atoms with van der Waals surface area (Å²) in [5.41, 5.74) is 10.5. The highest BCUT2D eigenvalue weighted by Crippen LogP contribution is 2.32. The van der Waals surface area contributed by atoms with Gasteiger partial charge in [0.05, 0.1) is 21.3 Å². The molecule has 4 aromatic rings. The topological polar surface area (TPSA) is 82.9 Å². The van der Waals surface area contributed by atoms with Crippen LogP contribution in [0.3, 0.4) is 0 Å². The van der Waals surface area contributed by atoms with Crippen LogP contribution in [0.25, 0.3) is 0 Å². The number of aryl methyl sites for hydroxylation is 1. The lowest BCUT2D eigenvalue weighted by Gasteiger charge is -2.12. The van der Waals surface area contributed by atoms with Crippen LogP contribution >= 0.6 is 35.4 Å². The Hall–Kier alpha value is -3.32. The van der Waals surface area contributed by atoms with Crippen LogP contribution in [0, 0.1) is 6.92 Å². The van der Waals surface area contributed by atoms with Gasteiger partial charge in [0, 0.05) is 16.9 Å². The molecule has 4 rings (SSSR count). The molecule has 5 nitrogen and oxygen atoms in total. The smallest absolute Gasteiger partial charge is 0.211 e. The van der Waals surface area contributed by atoms with Gasteiger partial charge in [-0.25, -0.2) is 0 Å². The summed E-state index contributed by atoms with van der Waals surface area (Å²) in [6, 6.07) is 22.0. The maximum Gasteiger partial charge on any atom is 0.211 e. The van der Waals surface area contributed by atoms with Crippen molar-refractivity contribution in [2.45, 2.75) is 6.92 Å². The predicted octanol–water partition coefficient (Wildman–Crippen LogP) is 6.97. The highest BCUT2D eigenvalue weighted by molar-refractivity contribution is 7.81. The number of halogens is 2. The Balaban J connectivity index is 1.76. The number of aromatic amines is 1. The van der Waals surface area contributed by atoms with Crippen molar-refractivity contribution in [3.8, 4) is 0 Å². The molecule has 0 amide bonds. The summed E-state index contributed by atoms with van der Waals surface area (Å²) < 4.78 is 0. The number of benzene rings is 3. The van der Waals surface area contributed by atoms with E-state index in [1.165, 1.54) is 6.07 Å². The minimum atomic E-state index is -0.327. The molecule has 0 unspecified atom stereocenters. The van der Waals surface area contributed by atoms with Crippen LogP contribution in [0.2, 0.25) is 10.0 Å². The first-order valence-electron chi connectivity index (χ1n) is 10.0. The van der Waals surface area contributed by atoms with Crippen molar-refractivity contribution < 1.29 is 4.79 Å². The van der Waals surface area contributed by atoms with Gasteiger partial charge in [-0.1, -0.05) is 71.3 Å². The number of rotatable bonds is 6. The van der Waals surface area contributed by atoms with Crippen molar-refractivity contribution in [1.82, 2.24) is 4.98 Å². The molecule has 5 N–H and O–H groups in total. The van der Waals surface area contributed by atoms with E-state index in [1.807, 2.05) is 61.5 Å². The van der Waals surface area contributed by atoms with Crippen LogP contribution in [0.5, 0.6) is 0 Å². The molecule has 3 aromatic carbocycles. The van der Waals surface area contributed by atoms with Gasteiger partial charge in [0.2, 0.25) is 5.78 Å². The number of para-hydroxylation sites is 1. The van der Waals surface area contributed by atoms with Gasteiger partial charge < -0.3 is 21.4 Å². The number of anilines is 4. The lowest BCUT2D eigenvalue weighted by Crippen LogP contribution is -2.14. The molecule has 0 spiro atoms. The Morgan fingerprint density at radius 1 is 0.939 bits per heavy atom. The second kappa shape index (κ2) is 9.67. The second-order valence-electron chi connectivity index (χ2n) is 7.43. The average Bonchev–Trinajstić information content (AvgIpc) is 3.13. The number of thiocarbonyl (C=S) groups is 1. The summed E-state index contributed by atoms with van der Waals surface area (Å²) in [5, 5.41) is 7.13. The summed E-state index contributed by atoms with van der Waals surface area (Å²) in [6.07, 6.45) is 0. The molecule has 0 aliphatic carbocycles. The normalized spacial score (nSPS) is 10.6. The van der Waals surface area contributed by atoms with Crippen LogP contribution in [0.1, 0.15) is 27.2 Å². The van der Waals surface area contributed by atoms with Crippen LogP contribution in [0.15, 0.2) is 72.8 Å². The fourth-order valence-corrected chi connectivity index (χ4v) is 3.93. The van der Waals surface area contributed by atoms with Crippen molar-refractivity contribution in [3.63, 3.8) is 0 Å². The molecule has 0 atom stereocenters. The third-order valence-electron chi connectivity index (χ3n) is 5.03. The van der Waals surface area contributed by atoms with E-state index in [9.17, 15) is 4.79 Å². The standard InChI is InChI=1S/C25H20Cl2N4OS/c1-14-7-10-17(11-8-14)29-24-20(25(33)30-16-5-3-2-4-6-16)21(28)22(31-24)23(32)15-9-12-18(26)19(27)13-15/h2-13,29,31H,28H2,1H3,(H,30,33). The molecule has 8 heteroatoms. The number of nitrogen functional groups attached to an aromatic ring is 1. The zero-order valence-electron chi connectivity index (χ0n) is 17.6. The number of carbonyl (C=O) groups excluding carboxylic acids is 1. The summed E-state index contributed by atoms with van der Waals surface area (Å²) >= 11 is 17.8. The summed E-state index contributed by atoms with van der Waals surface area (Å²) in [6.45, 7) is 2.01. The van der Waals surface area contributed by atoms with Crippen molar-refractivity contribution in [2.24, 2.45) is 0 Å². The van der Waals surface area contributed by atoms with E-state index in [0.717, 1.165) is 16.9 Å². The Labute approximate surface area is 206 Å². The zero-order chi connectivity index (χ0) is 23.5. The van der Waals surface area contributed by atoms with Gasteiger partial charge in [0.25, 0.3) is 0 Å². The molecule has 0 aliphatic rings. The largest absolute Gasteiger partial charge is 0.396 e. The Bertz CT molecular complexity index is 1330. The van der Waals surface area contributed by atoms with Gasteiger partial charge in [-0.05, 0) is 49.4 Å². The van der Waals surface area contributed by atoms with Crippen molar-refractivity contribution in [1.29, 1.82) is 0 Å². The summed E-state index contributed by atoms with van der Waals surface area (Å²) in [5.74, 6) is 0.181. The Morgan fingerprint density at radius 3 is 2.30 bits per heavy atom. The molecule has 0 bridgehead atoms. The molecule has 0 radical (unpaired) electrons. The molecule has 1 heterocycles. The maximum absolute atomic E-state index is 13.3. The van der Waals surface area contributed by atoms with Gasteiger partial charge in [0.1, 0.15) is 16.5 Å². The monoisotopic (exact) mass is 494 g/mol. The van der Waals surface area contributed by atoms with E-state index < -0.39 is 0 Å². The van der Waals surface area contributed by atoms with Gasteiger partial charge in [-0.3, -0.25) is 4.79 Å². The van der Waals surface area contributed by atoms with E-state index >= 15 is 0 Å². The molecule has 33 heavy (non-hydrogen) atoms. The molecule has 0 fully saturated rings. The van der Waals surface area contributed by atoms with Gasteiger partial charge in [-0.2, -0.15) is 0 Å². The lowest BCUT2D eigenvalue weighted by molar-refractivity contribution is 0.103. The highest BCUT2D eigenvalue weighted by Gasteiger charge is 2.24. The SMILES string of the molecule is Cc1ccc(Nc2[nH]c(C(=O)c3ccc(Cl)c(Cl)c3)c(N)c2C(=S)Nc2ccccc2)cc1. The molecule has 1 aromatic heterocycles. The summed E-state index contributed by atoms with van der Waals surface area (Å²) in [7, 11) is 0. The second-order valence-corrected chi connectivity index (χ2v) is 8.66. The fraction of sp³-hybridized carbons (Fsp3) is 0.0400. The van der Waals surface area contributed by atoms with Crippen molar-refractivity contribution in [2.75, 3.05) is 16.4 Å². The first-order chi connectivity index (χ1) is 15.8. The van der Waals surface area contributed by atoms with Crippen molar-refractivity contribution in [3.05, 3.63) is 105 Å². The van der Waals surface area contributed by atoms with E-state index in [0.29, 0.717) is 27.0 Å². The number of nitrogens with one attached hydrogen (secondary N) is 3. The summed E-state index contributed by atoms with van der Waals surface area (Å²) in [4.78, 5) is 16.8. The first-order valence-corrected chi connectivity index (χ1v) is 11.2. The molecule has 0 aliphatic heterocycles. The number of hydrogen-bond donors (Lipinski definition) is 4. The minimum absolute atomic E-state index is 0.204. The molecule has 0 saturated heterocycles. The average molecular weight is 495 g/mol. The van der Waals surface area contributed by atoms with Gasteiger partial charge >= 0.3 is 0 Å². The number of nitrogens with two attached hydrogens (primary N) is 1.